The fourth-order valence-corrected chi connectivity index (χ4v) is 3.90. The van der Waals surface area contributed by atoms with E-state index in [2.05, 4.69) is 11.3 Å². The van der Waals surface area contributed by atoms with Crippen LogP contribution in [0.15, 0.2) is 12.7 Å². The lowest BCUT2D eigenvalue weighted by Crippen LogP contribution is -2.41. The zero-order valence-corrected chi connectivity index (χ0v) is 14.0. The van der Waals surface area contributed by atoms with E-state index in [4.69, 9.17) is 4.74 Å². The molecule has 0 radical (unpaired) electrons. The molecule has 0 aromatic heterocycles. The smallest absolute Gasteiger partial charge is 0.307 e. The number of hydrogen-bond acceptors (Lipinski definition) is 5. The molecule has 0 aromatic rings. The van der Waals surface area contributed by atoms with Crippen LogP contribution in [0.25, 0.3) is 0 Å². The minimum Gasteiger partial charge on any atom is -0.460 e. The lowest BCUT2D eigenvalue weighted by atomic mass is 9.98. The number of nitrogens with one attached hydrogen (secondary N) is 1. The van der Waals surface area contributed by atoms with Crippen LogP contribution in [0.1, 0.15) is 46.5 Å². The maximum absolute atomic E-state index is 12.4. The summed E-state index contributed by atoms with van der Waals surface area (Å²) in [4.78, 5) is 24.4. The maximum atomic E-state index is 12.4. The Kier molecular flexibility index (Phi) is 4.14. The van der Waals surface area contributed by atoms with Gasteiger partial charge in [-0.05, 0) is 46.0 Å². The number of hydrogen-bond donors (Lipinski definition) is 1. The van der Waals surface area contributed by atoms with Gasteiger partial charge in [0.1, 0.15) is 5.60 Å². The van der Waals surface area contributed by atoms with E-state index in [-0.39, 0.29) is 12.3 Å². The molecule has 1 amide bonds. The van der Waals surface area contributed by atoms with E-state index in [1.165, 1.54) is 0 Å². The van der Waals surface area contributed by atoms with E-state index < -0.39 is 38.2 Å². The van der Waals surface area contributed by atoms with Crippen LogP contribution in [0, 0.1) is 11.3 Å². The average Bonchev–Trinajstić information content (AvgIpc) is 3.20. The number of ether oxygens (including phenoxy) is 1. The summed E-state index contributed by atoms with van der Waals surface area (Å²) in [7, 11) is -3.62. The van der Waals surface area contributed by atoms with E-state index in [9.17, 15) is 18.0 Å². The van der Waals surface area contributed by atoms with E-state index in [0.29, 0.717) is 19.3 Å². The van der Waals surface area contributed by atoms with E-state index in [1.54, 1.807) is 26.8 Å². The third-order valence-electron chi connectivity index (χ3n) is 3.95. The summed E-state index contributed by atoms with van der Waals surface area (Å²) in [6.07, 6.45) is 3.03. The molecule has 0 aliphatic heterocycles. The Morgan fingerprint density at radius 2 is 1.95 bits per heavy atom. The van der Waals surface area contributed by atoms with Gasteiger partial charge in [0.25, 0.3) is 0 Å². The summed E-state index contributed by atoms with van der Waals surface area (Å²) in [5.74, 6) is -1.32. The van der Waals surface area contributed by atoms with Crippen molar-refractivity contribution in [1.29, 1.82) is 0 Å². The Labute approximate surface area is 131 Å². The van der Waals surface area contributed by atoms with Crippen molar-refractivity contribution in [3.8, 4) is 0 Å². The zero-order valence-electron chi connectivity index (χ0n) is 13.2. The maximum Gasteiger partial charge on any atom is 0.307 e. The van der Waals surface area contributed by atoms with Gasteiger partial charge in [0.2, 0.25) is 15.9 Å². The van der Waals surface area contributed by atoms with Crippen LogP contribution in [0.4, 0.5) is 0 Å². The number of allylic oxidation sites excluding steroid dienone is 1. The van der Waals surface area contributed by atoms with E-state index >= 15 is 0 Å². The van der Waals surface area contributed by atoms with Gasteiger partial charge < -0.3 is 4.74 Å². The second-order valence-electron chi connectivity index (χ2n) is 7.14. The van der Waals surface area contributed by atoms with Gasteiger partial charge in [-0.3, -0.25) is 14.3 Å². The molecular weight excluding hydrogens is 306 g/mol. The lowest BCUT2D eigenvalue weighted by molar-refractivity contribution is -0.158. The first kappa shape index (κ1) is 17.0. The Bertz CT molecular complexity index is 600. The molecule has 124 valence electrons. The monoisotopic (exact) mass is 329 g/mol. The molecule has 0 unspecified atom stereocenters. The largest absolute Gasteiger partial charge is 0.460 e. The van der Waals surface area contributed by atoms with Crippen LogP contribution < -0.4 is 4.72 Å². The van der Waals surface area contributed by atoms with Gasteiger partial charge in [0.05, 0.1) is 17.1 Å². The average molecular weight is 329 g/mol. The first-order chi connectivity index (χ1) is 10.00. The quantitative estimate of drug-likeness (QED) is 0.589. The molecule has 22 heavy (non-hydrogen) atoms. The van der Waals surface area contributed by atoms with Crippen LogP contribution in [-0.2, 0) is 24.3 Å². The van der Waals surface area contributed by atoms with Crippen molar-refractivity contribution in [3.63, 3.8) is 0 Å². The van der Waals surface area contributed by atoms with Crippen molar-refractivity contribution in [3.05, 3.63) is 12.7 Å². The van der Waals surface area contributed by atoms with Crippen molar-refractivity contribution >= 4 is 21.9 Å². The molecule has 0 aromatic carbocycles. The van der Waals surface area contributed by atoms with E-state index in [0.717, 1.165) is 0 Å². The van der Waals surface area contributed by atoms with Crippen molar-refractivity contribution in [2.45, 2.75) is 57.3 Å². The summed E-state index contributed by atoms with van der Waals surface area (Å²) >= 11 is 0. The first-order valence-corrected chi connectivity index (χ1v) is 8.95. The number of sulfonamides is 1. The van der Waals surface area contributed by atoms with Gasteiger partial charge in [0.15, 0.2) is 0 Å². The van der Waals surface area contributed by atoms with Gasteiger partial charge in [0, 0.05) is 0 Å². The highest BCUT2D eigenvalue weighted by Crippen LogP contribution is 2.56. The second-order valence-corrected chi connectivity index (χ2v) is 9.10. The van der Waals surface area contributed by atoms with Gasteiger partial charge in [-0.25, -0.2) is 8.42 Å². The fourth-order valence-electron chi connectivity index (χ4n) is 2.51. The number of carbonyl (C=O) groups excluding carboxylic acids is 2. The molecule has 1 N–H and O–H groups in total. The summed E-state index contributed by atoms with van der Waals surface area (Å²) < 4.78 is 31.2. The highest BCUT2D eigenvalue weighted by molar-refractivity contribution is 7.90. The number of amides is 1. The molecule has 0 bridgehead atoms. The van der Waals surface area contributed by atoms with Gasteiger partial charge in [-0.15, -0.1) is 6.58 Å². The van der Waals surface area contributed by atoms with Crippen molar-refractivity contribution in [2.24, 2.45) is 11.3 Å². The third kappa shape index (κ3) is 3.69. The first-order valence-electron chi connectivity index (χ1n) is 7.41. The molecule has 0 saturated heterocycles. The topological polar surface area (TPSA) is 89.5 Å². The van der Waals surface area contributed by atoms with Gasteiger partial charge >= 0.3 is 5.97 Å². The third-order valence-corrected chi connectivity index (χ3v) is 5.77. The molecule has 7 heteroatoms. The number of rotatable bonds is 6. The highest BCUT2D eigenvalue weighted by atomic mass is 32.2. The summed E-state index contributed by atoms with van der Waals surface area (Å²) in [5.41, 5.74) is -1.68. The molecule has 2 aliphatic rings. The SMILES string of the molecule is C=C[C@H]1C[C@]1(CC(=O)OC(C)(C)C)C(=O)NS(=O)(=O)C1CC1. The predicted molar refractivity (Wildman–Crippen MR) is 81.3 cm³/mol. The number of esters is 1. The van der Waals surface area contributed by atoms with Crippen LogP contribution >= 0.6 is 0 Å². The van der Waals surface area contributed by atoms with Crippen molar-refractivity contribution in [2.75, 3.05) is 0 Å². The molecular formula is C15H23NO5S. The fraction of sp³-hybridized carbons (Fsp3) is 0.733. The van der Waals surface area contributed by atoms with E-state index in [1.807, 2.05) is 0 Å². The van der Waals surface area contributed by atoms with Crippen molar-refractivity contribution < 1.29 is 22.7 Å². The zero-order chi connectivity index (χ0) is 16.8. The van der Waals surface area contributed by atoms with Crippen LogP contribution in [0.2, 0.25) is 0 Å². The van der Waals surface area contributed by atoms with Gasteiger partial charge in [-0.1, -0.05) is 6.08 Å². The Hall–Kier alpha value is -1.37. The summed E-state index contributed by atoms with van der Waals surface area (Å²) in [6.45, 7) is 8.87. The molecule has 2 saturated carbocycles. The molecule has 0 heterocycles. The lowest BCUT2D eigenvalue weighted by Gasteiger charge is -2.22. The minimum atomic E-state index is -3.62. The van der Waals surface area contributed by atoms with Crippen molar-refractivity contribution in [1.82, 2.24) is 4.72 Å². The molecule has 2 aliphatic carbocycles. The standard InChI is InChI=1S/C15H23NO5S/c1-5-10-8-15(10,9-12(17)21-14(2,3)4)13(18)16-22(19,20)11-6-7-11/h5,10-11H,1,6-9H2,2-4H3,(H,16,18)/t10-,15+/m0/s1. The van der Waals surface area contributed by atoms with Gasteiger partial charge in [-0.2, -0.15) is 0 Å². The Balaban J connectivity index is 2.07. The van der Waals surface area contributed by atoms with Crippen LogP contribution in [-0.4, -0.2) is 31.1 Å². The Morgan fingerprint density at radius 3 is 2.36 bits per heavy atom. The molecule has 6 nitrogen and oxygen atoms in total. The van der Waals surface area contributed by atoms with Crippen LogP contribution in [0.5, 0.6) is 0 Å². The molecule has 2 rings (SSSR count). The molecule has 0 spiro atoms. The summed E-state index contributed by atoms with van der Waals surface area (Å²) in [5, 5.41) is -0.476. The molecule has 2 fully saturated rings. The second kappa shape index (κ2) is 5.37. The normalized spacial score (nSPS) is 27.9. The molecule has 2 atom stereocenters. The van der Waals surface area contributed by atoms with Crippen LogP contribution in [0.3, 0.4) is 0 Å². The summed E-state index contributed by atoms with van der Waals surface area (Å²) in [6, 6.07) is 0. The number of carbonyl (C=O) groups is 2. The predicted octanol–water partition coefficient (Wildman–Crippen LogP) is 1.52. The Morgan fingerprint density at radius 1 is 1.36 bits per heavy atom. The minimum absolute atomic E-state index is 0.132. The highest BCUT2D eigenvalue weighted by Gasteiger charge is 2.61.